The van der Waals surface area contributed by atoms with E-state index in [4.69, 9.17) is 15.2 Å². The molecule has 24 heavy (non-hydrogen) atoms. The van der Waals surface area contributed by atoms with E-state index < -0.39 is 16.6 Å². The second kappa shape index (κ2) is 6.74. The number of nitrogens with zero attached hydrogens (tertiary/aromatic N) is 1. The van der Waals surface area contributed by atoms with Crippen molar-refractivity contribution < 1.29 is 19.2 Å². The first kappa shape index (κ1) is 16.7. The summed E-state index contributed by atoms with van der Waals surface area (Å²) in [4.78, 5) is 22.1. The third-order valence-corrected chi connectivity index (χ3v) is 4.53. The van der Waals surface area contributed by atoms with Crippen molar-refractivity contribution in [3.63, 3.8) is 0 Å². The molecule has 2 aliphatic rings. The van der Waals surface area contributed by atoms with Gasteiger partial charge in [0.1, 0.15) is 17.4 Å². The minimum Gasteiger partial charge on any atom is -0.377 e. The lowest BCUT2D eigenvalue weighted by molar-refractivity contribution is -0.384. The molecule has 2 fully saturated rings. The summed E-state index contributed by atoms with van der Waals surface area (Å²) in [5.74, 6) is -1.31. The standard InChI is InChI=1S/C16H21N3O5/c17-15(20)12-5-4-6-13(14(12)19(21)22)18-9-11-10-23-16(24-11)7-2-1-3-8-16/h4-6,11,18H,1-3,7-10H2,(H2,17,20)/t11-/m0/s1. The van der Waals surface area contributed by atoms with Crippen LogP contribution in [0.3, 0.4) is 0 Å². The Balaban J connectivity index is 1.68. The van der Waals surface area contributed by atoms with Crippen molar-refractivity contribution in [2.45, 2.75) is 44.0 Å². The van der Waals surface area contributed by atoms with Crippen molar-refractivity contribution in [1.29, 1.82) is 0 Å². The highest BCUT2D eigenvalue weighted by atomic mass is 16.7. The lowest BCUT2D eigenvalue weighted by Gasteiger charge is -2.31. The van der Waals surface area contributed by atoms with Crippen molar-refractivity contribution >= 4 is 17.3 Å². The summed E-state index contributed by atoms with van der Waals surface area (Å²) >= 11 is 0. The molecule has 0 unspecified atom stereocenters. The molecule has 0 bridgehead atoms. The Morgan fingerprint density at radius 3 is 2.79 bits per heavy atom. The second-order valence-electron chi connectivity index (χ2n) is 6.23. The molecule has 1 atom stereocenters. The van der Waals surface area contributed by atoms with Crippen molar-refractivity contribution in [2.75, 3.05) is 18.5 Å². The molecule has 0 aromatic heterocycles. The van der Waals surface area contributed by atoms with E-state index in [9.17, 15) is 14.9 Å². The number of nitrogens with one attached hydrogen (secondary N) is 1. The quantitative estimate of drug-likeness (QED) is 0.629. The van der Waals surface area contributed by atoms with Crippen LogP contribution in [-0.2, 0) is 9.47 Å². The Morgan fingerprint density at radius 1 is 1.38 bits per heavy atom. The van der Waals surface area contributed by atoms with Gasteiger partial charge in [0.2, 0.25) is 0 Å². The number of ether oxygens (including phenoxy) is 2. The number of hydrogen-bond acceptors (Lipinski definition) is 6. The number of hydrogen-bond donors (Lipinski definition) is 2. The highest BCUT2D eigenvalue weighted by Crippen LogP contribution is 2.38. The minimum absolute atomic E-state index is 0.114. The molecule has 1 amide bonds. The van der Waals surface area contributed by atoms with E-state index in [1.54, 1.807) is 12.1 Å². The molecule has 130 valence electrons. The molecule has 1 spiro atoms. The van der Waals surface area contributed by atoms with Gasteiger partial charge in [0.25, 0.3) is 5.91 Å². The number of nitro benzene ring substituents is 1. The summed E-state index contributed by atoms with van der Waals surface area (Å²) in [6, 6.07) is 4.46. The Kier molecular flexibility index (Phi) is 4.68. The summed E-state index contributed by atoms with van der Waals surface area (Å²) < 4.78 is 11.9. The van der Waals surface area contributed by atoms with Crippen LogP contribution in [0.4, 0.5) is 11.4 Å². The molecule has 8 heteroatoms. The van der Waals surface area contributed by atoms with Crippen molar-refractivity contribution in [3.8, 4) is 0 Å². The van der Waals surface area contributed by atoms with E-state index >= 15 is 0 Å². The number of para-hydroxylation sites is 1. The SMILES string of the molecule is NC(=O)c1cccc(NC[C@H]2COC3(CCCCC3)O2)c1[N+](=O)[O-]. The van der Waals surface area contributed by atoms with Gasteiger partial charge in [-0.15, -0.1) is 0 Å². The summed E-state index contributed by atoms with van der Waals surface area (Å²) in [5, 5.41) is 14.3. The Hall–Kier alpha value is -2.19. The van der Waals surface area contributed by atoms with Crippen LogP contribution in [0.25, 0.3) is 0 Å². The smallest absolute Gasteiger partial charge is 0.305 e. The monoisotopic (exact) mass is 335 g/mol. The van der Waals surface area contributed by atoms with E-state index in [1.165, 1.54) is 12.5 Å². The Labute approximate surface area is 139 Å². The van der Waals surface area contributed by atoms with E-state index in [0.717, 1.165) is 25.7 Å². The van der Waals surface area contributed by atoms with E-state index in [2.05, 4.69) is 5.32 Å². The predicted octanol–water partition coefficient (Wildman–Crippen LogP) is 2.18. The Morgan fingerprint density at radius 2 is 2.12 bits per heavy atom. The van der Waals surface area contributed by atoms with Crippen molar-refractivity contribution in [1.82, 2.24) is 0 Å². The van der Waals surface area contributed by atoms with Gasteiger partial charge in [-0.25, -0.2) is 0 Å². The molecule has 8 nitrogen and oxygen atoms in total. The maximum atomic E-state index is 11.4. The average Bonchev–Trinajstić information content (AvgIpc) is 2.95. The normalized spacial score (nSPS) is 22.4. The first-order valence-corrected chi connectivity index (χ1v) is 8.14. The van der Waals surface area contributed by atoms with Gasteiger partial charge < -0.3 is 20.5 Å². The van der Waals surface area contributed by atoms with Crippen LogP contribution < -0.4 is 11.1 Å². The zero-order valence-electron chi connectivity index (χ0n) is 13.3. The number of primary amides is 1. The molecule has 1 aliphatic carbocycles. The van der Waals surface area contributed by atoms with Crippen LogP contribution in [0.15, 0.2) is 18.2 Å². The van der Waals surface area contributed by atoms with Crippen LogP contribution in [0.5, 0.6) is 0 Å². The fourth-order valence-corrected chi connectivity index (χ4v) is 3.38. The van der Waals surface area contributed by atoms with Gasteiger partial charge in [-0.3, -0.25) is 14.9 Å². The summed E-state index contributed by atoms with van der Waals surface area (Å²) in [5.41, 5.74) is 5.05. The molecule has 3 rings (SSSR count). The van der Waals surface area contributed by atoms with Crippen LogP contribution in [0.1, 0.15) is 42.5 Å². The molecule has 1 aromatic rings. The predicted molar refractivity (Wildman–Crippen MR) is 86.7 cm³/mol. The first-order valence-electron chi connectivity index (χ1n) is 8.14. The van der Waals surface area contributed by atoms with Crippen molar-refractivity contribution in [3.05, 3.63) is 33.9 Å². The van der Waals surface area contributed by atoms with Gasteiger partial charge in [0, 0.05) is 19.4 Å². The first-order chi connectivity index (χ1) is 11.5. The third kappa shape index (κ3) is 3.34. The molecule has 0 radical (unpaired) electrons. The average molecular weight is 335 g/mol. The number of nitro groups is 1. The van der Waals surface area contributed by atoms with E-state index in [1.807, 2.05) is 0 Å². The van der Waals surface area contributed by atoms with Gasteiger partial charge in [-0.2, -0.15) is 0 Å². The molecule has 1 aliphatic heterocycles. The van der Waals surface area contributed by atoms with Gasteiger partial charge in [0.15, 0.2) is 5.79 Å². The number of carbonyl (C=O) groups is 1. The van der Waals surface area contributed by atoms with Gasteiger partial charge in [-0.05, 0) is 25.0 Å². The highest BCUT2D eigenvalue weighted by molar-refractivity contribution is 5.99. The van der Waals surface area contributed by atoms with Gasteiger partial charge >= 0.3 is 5.69 Å². The maximum absolute atomic E-state index is 11.4. The zero-order chi connectivity index (χ0) is 17.2. The highest BCUT2D eigenvalue weighted by Gasteiger charge is 2.42. The molecular weight excluding hydrogens is 314 g/mol. The summed E-state index contributed by atoms with van der Waals surface area (Å²) in [6.45, 7) is 0.821. The second-order valence-corrected chi connectivity index (χ2v) is 6.23. The summed E-state index contributed by atoms with van der Waals surface area (Å²) in [7, 11) is 0. The van der Waals surface area contributed by atoms with Crippen LogP contribution in [-0.4, -0.2) is 35.9 Å². The zero-order valence-corrected chi connectivity index (χ0v) is 13.3. The number of rotatable bonds is 5. The molecule has 1 saturated carbocycles. The number of benzene rings is 1. The van der Waals surface area contributed by atoms with Crippen LogP contribution in [0, 0.1) is 10.1 Å². The number of amides is 1. The fraction of sp³-hybridized carbons (Fsp3) is 0.562. The van der Waals surface area contributed by atoms with Crippen LogP contribution >= 0.6 is 0 Å². The van der Waals surface area contributed by atoms with Crippen molar-refractivity contribution in [2.24, 2.45) is 5.73 Å². The number of carbonyl (C=O) groups excluding carboxylic acids is 1. The van der Waals surface area contributed by atoms with E-state index in [-0.39, 0.29) is 23.0 Å². The lowest BCUT2D eigenvalue weighted by atomic mass is 9.94. The Bertz CT molecular complexity index is 643. The minimum atomic E-state index is -0.827. The molecule has 1 saturated heterocycles. The molecule has 1 aromatic carbocycles. The molecule has 3 N–H and O–H groups in total. The molecular formula is C16H21N3O5. The number of nitrogens with two attached hydrogens (primary N) is 1. The van der Waals surface area contributed by atoms with E-state index in [0.29, 0.717) is 13.2 Å². The van der Waals surface area contributed by atoms with Gasteiger partial charge in [0.05, 0.1) is 11.5 Å². The third-order valence-electron chi connectivity index (χ3n) is 4.53. The number of anilines is 1. The summed E-state index contributed by atoms with van der Waals surface area (Å²) in [6.07, 6.45) is 4.98. The fourth-order valence-electron chi connectivity index (χ4n) is 3.38. The lowest BCUT2D eigenvalue weighted by Crippen LogP contribution is -2.34. The maximum Gasteiger partial charge on any atom is 0.305 e. The van der Waals surface area contributed by atoms with Crippen LogP contribution in [0.2, 0.25) is 0 Å². The van der Waals surface area contributed by atoms with Gasteiger partial charge in [-0.1, -0.05) is 12.5 Å². The largest absolute Gasteiger partial charge is 0.377 e. The topological polar surface area (TPSA) is 117 Å². The molecule has 1 heterocycles.